The molecule has 0 spiro atoms. The molecule has 0 bridgehead atoms. The van der Waals surface area contributed by atoms with Gasteiger partial charge in [-0.3, -0.25) is 19.3 Å². The highest BCUT2D eigenvalue weighted by Crippen LogP contribution is 2.25. The van der Waals surface area contributed by atoms with Gasteiger partial charge in [0.15, 0.2) is 0 Å². The van der Waals surface area contributed by atoms with Crippen LogP contribution in [0.5, 0.6) is 0 Å². The van der Waals surface area contributed by atoms with E-state index in [1.165, 1.54) is 24.0 Å². The van der Waals surface area contributed by atoms with E-state index >= 15 is 0 Å². The second-order valence-electron chi connectivity index (χ2n) is 6.02. The average molecular weight is 340 g/mol. The molecule has 1 unspecified atom stereocenters. The monoisotopic (exact) mass is 340 g/mol. The highest BCUT2D eigenvalue weighted by Gasteiger charge is 2.41. The fourth-order valence-electron chi connectivity index (χ4n) is 2.93. The number of rotatable bonds is 4. The molecule has 2 aromatic carbocycles. The van der Waals surface area contributed by atoms with E-state index in [9.17, 15) is 18.8 Å². The van der Waals surface area contributed by atoms with Gasteiger partial charge >= 0.3 is 0 Å². The number of benzene rings is 2. The van der Waals surface area contributed by atoms with Crippen LogP contribution in [0.25, 0.3) is 0 Å². The molecule has 0 saturated carbocycles. The quantitative estimate of drug-likeness (QED) is 0.804. The molecule has 0 aliphatic carbocycles. The van der Waals surface area contributed by atoms with Gasteiger partial charge in [-0.05, 0) is 36.8 Å². The van der Waals surface area contributed by atoms with E-state index in [0.717, 1.165) is 10.5 Å². The van der Waals surface area contributed by atoms with E-state index in [1.807, 2.05) is 0 Å². The summed E-state index contributed by atoms with van der Waals surface area (Å²) in [5.41, 5.74) is 1.38. The molecule has 0 fully saturated rings. The van der Waals surface area contributed by atoms with Crippen molar-refractivity contribution >= 4 is 17.7 Å². The normalized spacial score (nSPS) is 14.4. The first kappa shape index (κ1) is 16.8. The number of carbonyl (C=O) groups excluding carboxylic acids is 3. The third kappa shape index (κ3) is 3.03. The van der Waals surface area contributed by atoms with Crippen molar-refractivity contribution in [2.75, 3.05) is 7.05 Å². The van der Waals surface area contributed by atoms with E-state index in [-0.39, 0.29) is 18.3 Å². The zero-order valence-corrected chi connectivity index (χ0v) is 13.9. The van der Waals surface area contributed by atoms with Gasteiger partial charge in [0, 0.05) is 13.6 Å². The minimum Gasteiger partial charge on any atom is -0.340 e. The van der Waals surface area contributed by atoms with E-state index in [0.29, 0.717) is 11.1 Å². The van der Waals surface area contributed by atoms with Crippen molar-refractivity contribution in [3.05, 3.63) is 71.0 Å². The molecule has 2 aromatic rings. The predicted molar refractivity (Wildman–Crippen MR) is 89.3 cm³/mol. The van der Waals surface area contributed by atoms with Crippen molar-refractivity contribution < 1.29 is 18.8 Å². The maximum Gasteiger partial charge on any atom is 0.262 e. The van der Waals surface area contributed by atoms with Crippen molar-refractivity contribution in [2.24, 2.45) is 0 Å². The smallest absolute Gasteiger partial charge is 0.262 e. The summed E-state index contributed by atoms with van der Waals surface area (Å²) < 4.78 is 13.0. The molecule has 25 heavy (non-hydrogen) atoms. The molecule has 0 saturated heterocycles. The Morgan fingerprint density at radius 1 is 1.04 bits per heavy atom. The fourth-order valence-corrected chi connectivity index (χ4v) is 2.93. The van der Waals surface area contributed by atoms with Crippen LogP contribution in [0.1, 0.15) is 33.2 Å². The molecule has 5 nitrogen and oxygen atoms in total. The molecule has 3 rings (SSSR count). The first-order valence-electron chi connectivity index (χ1n) is 7.86. The third-order valence-electron chi connectivity index (χ3n) is 4.28. The van der Waals surface area contributed by atoms with Gasteiger partial charge in [-0.15, -0.1) is 0 Å². The first-order valence-corrected chi connectivity index (χ1v) is 7.86. The molecule has 1 aliphatic heterocycles. The molecular formula is C19H17FN2O3. The average Bonchev–Trinajstić information content (AvgIpc) is 2.87. The molecule has 3 amide bonds. The van der Waals surface area contributed by atoms with Crippen molar-refractivity contribution in [3.63, 3.8) is 0 Å². The number of hydrogen-bond acceptors (Lipinski definition) is 3. The Hall–Kier alpha value is -3.02. The Morgan fingerprint density at radius 2 is 1.56 bits per heavy atom. The highest BCUT2D eigenvalue weighted by molar-refractivity contribution is 6.22. The maximum atomic E-state index is 13.0. The number of halogens is 1. The van der Waals surface area contributed by atoms with Crippen LogP contribution in [-0.4, -0.2) is 40.6 Å². The van der Waals surface area contributed by atoms with E-state index < -0.39 is 17.9 Å². The molecule has 0 N–H and O–H groups in total. The van der Waals surface area contributed by atoms with Gasteiger partial charge in [0.25, 0.3) is 11.8 Å². The molecule has 1 atom stereocenters. The Bertz CT molecular complexity index is 813. The molecule has 0 aromatic heterocycles. The van der Waals surface area contributed by atoms with Crippen LogP contribution < -0.4 is 0 Å². The van der Waals surface area contributed by atoms with Gasteiger partial charge in [-0.25, -0.2) is 4.39 Å². The summed E-state index contributed by atoms with van der Waals surface area (Å²) in [6, 6.07) is 11.4. The Kier molecular flexibility index (Phi) is 4.35. The van der Waals surface area contributed by atoms with Crippen LogP contribution >= 0.6 is 0 Å². The predicted octanol–water partition coefficient (Wildman–Crippen LogP) is 2.47. The van der Waals surface area contributed by atoms with E-state index in [2.05, 4.69) is 0 Å². The van der Waals surface area contributed by atoms with Crippen molar-refractivity contribution in [2.45, 2.75) is 19.5 Å². The van der Waals surface area contributed by atoms with E-state index in [1.54, 1.807) is 43.4 Å². The summed E-state index contributed by atoms with van der Waals surface area (Å²) in [5, 5.41) is 0. The van der Waals surface area contributed by atoms with Crippen LogP contribution in [0.15, 0.2) is 48.5 Å². The van der Waals surface area contributed by atoms with Crippen LogP contribution in [0.2, 0.25) is 0 Å². The number of amides is 3. The number of fused-ring (bicyclic) bond motifs is 1. The summed E-state index contributed by atoms with van der Waals surface area (Å²) in [6.07, 6.45) is 0. The molecule has 0 radical (unpaired) electrons. The lowest BCUT2D eigenvalue weighted by molar-refractivity contribution is -0.134. The van der Waals surface area contributed by atoms with Crippen molar-refractivity contribution in [1.82, 2.24) is 9.80 Å². The lowest BCUT2D eigenvalue weighted by Crippen LogP contribution is -2.48. The minimum absolute atomic E-state index is 0.257. The number of carbonyl (C=O) groups is 3. The number of imide groups is 1. The first-order chi connectivity index (χ1) is 11.9. The Labute approximate surface area is 144 Å². The minimum atomic E-state index is -0.919. The lowest BCUT2D eigenvalue weighted by Gasteiger charge is -2.26. The molecule has 6 heteroatoms. The maximum absolute atomic E-state index is 13.0. The summed E-state index contributed by atoms with van der Waals surface area (Å²) in [5.74, 6) is -1.63. The van der Waals surface area contributed by atoms with Gasteiger partial charge in [-0.1, -0.05) is 24.3 Å². The lowest BCUT2D eigenvalue weighted by atomic mass is 10.1. The summed E-state index contributed by atoms with van der Waals surface area (Å²) in [4.78, 5) is 40.0. The van der Waals surface area contributed by atoms with Gasteiger partial charge in [0.05, 0.1) is 11.1 Å². The summed E-state index contributed by atoms with van der Waals surface area (Å²) in [6.45, 7) is 1.79. The largest absolute Gasteiger partial charge is 0.340 e. The van der Waals surface area contributed by atoms with Crippen molar-refractivity contribution in [1.29, 1.82) is 0 Å². The zero-order valence-electron chi connectivity index (χ0n) is 13.9. The fraction of sp³-hybridized carbons (Fsp3) is 0.211. The molecule has 1 heterocycles. The van der Waals surface area contributed by atoms with Crippen LogP contribution in [-0.2, 0) is 11.3 Å². The van der Waals surface area contributed by atoms with Crippen molar-refractivity contribution in [3.8, 4) is 0 Å². The summed E-state index contributed by atoms with van der Waals surface area (Å²) >= 11 is 0. The zero-order chi connectivity index (χ0) is 18.1. The number of nitrogens with zero attached hydrogens (tertiary/aromatic N) is 2. The van der Waals surface area contributed by atoms with Crippen LogP contribution in [0, 0.1) is 5.82 Å². The van der Waals surface area contributed by atoms with Gasteiger partial charge in [-0.2, -0.15) is 0 Å². The second kappa shape index (κ2) is 6.47. The third-order valence-corrected chi connectivity index (χ3v) is 4.28. The van der Waals surface area contributed by atoms with Crippen LogP contribution in [0.4, 0.5) is 4.39 Å². The summed E-state index contributed by atoms with van der Waals surface area (Å²) in [7, 11) is 1.58. The Balaban J connectivity index is 1.75. The van der Waals surface area contributed by atoms with Gasteiger partial charge in [0.1, 0.15) is 11.9 Å². The van der Waals surface area contributed by atoms with Gasteiger partial charge in [0.2, 0.25) is 5.91 Å². The second-order valence-corrected chi connectivity index (χ2v) is 6.02. The topological polar surface area (TPSA) is 57.7 Å². The Morgan fingerprint density at radius 3 is 2.08 bits per heavy atom. The van der Waals surface area contributed by atoms with Gasteiger partial charge < -0.3 is 4.90 Å². The highest BCUT2D eigenvalue weighted by atomic mass is 19.1. The SMILES string of the molecule is CC(C(=O)N(C)Cc1ccc(F)cc1)N1C(=O)c2ccccc2C1=O. The molecule has 1 aliphatic rings. The molecule has 128 valence electrons. The molecular weight excluding hydrogens is 323 g/mol. The number of likely N-dealkylation sites (N-methyl/N-ethyl adjacent to an activating group) is 1. The standard InChI is InChI=1S/C19H17FN2O3/c1-12(17(23)21(2)11-13-7-9-14(20)10-8-13)22-18(24)15-5-3-4-6-16(15)19(22)25/h3-10,12H,11H2,1-2H3. The number of hydrogen-bond donors (Lipinski definition) is 0. The van der Waals surface area contributed by atoms with E-state index in [4.69, 9.17) is 0 Å². The van der Waals surface area contributed by atoms with Crippen LogP contribution in [0.3, 0.4) is 0 Å².